The van der Waals surface area contributed by atoms with Crippen LogP contribution in [0.4, 0.5) is 0 Å². The first-order valence-corrected chi connectivity index (χ1v) is 8.74. The van der Waals surface area contributed by atoms with Gasteiger partial charge in [0, 0.05) is 26.2 Å². The van der Waals surface area contributed by atoms with Gasteiger partial charge in [0.15, 0.2) is 0 Å². The molecule has 0 radical (unpaired) electrons. The van der Waals surface area contributed by atoms with E-state index in [0.717, 1.165) is 11.1 Å². The van der Waals surface area contributed by atoms with Crippen LogP contribution in [0.3, 0.4) is 0 Å². The van der Waals surface area contributed by atoms with Crippen molar-refractivity contribution in [2.45, 2.75) is 12.1 Å². The van der Waals surface area contributed by atoms with Gasteiger partial charge in [0.05, 0.1) is 0 Å². The summed E-state index contributed by atoms with van der Waals surface area (Å²) in [6, 6.07) is 18.2. The first kappa shape index (κ1) is 18.1. The number of nitrogens with two attached hydrogens (primary N) is 2. The summed E-state index contributed by atoms with van der Waals surface area (Å²) in [5.41, 5.74) is 13.1. The second-order valence-corrected chi connectivity index (χ2v) is 6.50. The smallest absolute Gasteiger partial charge is 0.239 e. The molecule has 6 nitrogen and oxygen atoms in total. The Morgan fingerprint density at radius 1 is 0.654 bits per heavy atom. The summed E-state index contributed by atoms with van der Waals surface area (Å²) in [7, 11) is 0. The molecule has 4 N–H and O–H groups in total. The van der Waals surface area contributed by atoms with Gasteiger partial charge in [-0.15, -0.1) is 0 Å². The van der Waals surface area contributed by atoms with E-state index in [9.17, 15) is 9.59 Å². The lowest BCUT2D eigenvalue weighted by Crippen LogP contribution is -2.52. The molecule has 2 amide bonds. The zero-order valence-electron chi connectivity index (χ0n) is 14.6. The second-order valence-electron chi connectivity index (χ2n) is 6.50. The van der Waals surface area contributed by atoms with Crippen LogP contribution in [0, 0.1) is 0 Å². The Balaban J connectivity index is 1.73. The number of rotatable bonds is 6. The van der Waals surface area contributed by atoms with Crippen molar-refractivity contribution < 1.29 is 9.59 Å². The Bertz CT molecular complexity index is 677. The SMILES string of the molecule is NC(=O)C(c1ccccc1)N1CCN(C(C(N)=O)c2ccccc2)CC1. The number of benzene rings is 2. The predicted octanol–water partition coefficient (Wildman–Crippen LogP) is 1.06. The Kier molecular flexibility index (Phi) is 5.65. The fraction of sp³-hybridized carbons (Fsp3) is 0.300. The standard InChI is InChI=1S/C20H24N4O2/c21-19(25)17(15-7-3-1-4-8-15)23-11-13-24(14-12-23)18(20(22)26)16-9-5-2-6-10-16/h1-10,17-18H,11-14H2,(H2,21,25)(H2,22,26). The molecule has 0 saturated carbocycles. The molecule has 2 aromatic carbocycles. The van der Waals surface area contributed by atoms with Crippen LogP contribution in [-0.2, 0) is 9.59 Å². The third kappa shape index (κ3) is 3.92. The molecule has 1 saturated heterocycles. The summed E-state index contributed by atoms with van der Waals surface area (Å²) in [6.45, 7) is 2.55. The van der Waals surface area contributed by atoms with Crippen LogP contribution >= 0.6 is 0 Å². The van der Waals surface area contributed by atoms with Crippen LogP contribution in [0.25, 0.3) is 0 Å². The Morgan fingerprint density at radius 2 is 0.962 bits per heavy atom. The summed E-state index contributed by atoms with van der Waals surface area (Å²) in [6.07, 6.45) is 0. The highest BCUT2D eigenvalue weighted by Crippen LogP contribution is 2.26. The van der Waals surface area contributed by atoms with Crippen LogP contribution in [0.2, 0.25) is 0 Å². The number of carbonyl (C=O) groups excluding carboxylic acids is 2. The van der Waals surface area contributed by atoms with Crippen molar-refractivity contribution in [1.29, 1.82) is 0 Å². The van der Waals surface area contributed by atoms with Gasteiger partial charge in [0.1, 0.15) is 12.1 Å². The van der Waals surface area contributed by atoms with Gasteiger partial charge in [0.25, 0.3) is 0 Å². The van der Waals surface area contributed by atoms with Crippen molar-refractivity contribution in [1.82, 2.24) is 9.80 Å². The maximum atomic E-state index is 12.0. The zero-order valence-corrected chi connectivity index (χ0v) is 14.6. The largest absolute Gasteiger partial charge is 0.368 e. The lowest BCUT2D eigenvalue weighted by molar-refractivity contribution is -0.127. The number of nitrogens with zero attached hydrogens (tertiary/aromatic N) is 2. The molecular formula is C20H24N4O2. The number of primary amides is 2. The van der Waals surface area contributed by atoms with Gasteiger partial charge in [-0.1, -0.05) is 60.7 Å². The van der Waals surface area contributed by atoms with Crippen LogP contribution in [0.5, 0.6) is 0 Å². The van der Waals surface area contributed by atoms with Gasteiger partial charge >= 0.3 is 0 Å². The highest BCUT2D eigenvalue weighted by atomic mass is 16.2. The van der Waals surface area contributed by atoms with E-state index in [1.807, 2.05) is 60.7 Å². The highest BCUT2D eigenvalue weighted by Gasteiger charge is 2.33. The first-order chi connectivity index (χ1) is 12.6. The predicted molar refractivity (Wildman–Crippen MR) is 99.9 cm³/mol. The number of piperazine rings is 1. The van der Waals surface area contributed by atoms with E-state index in [1.54, 1.807) is 0 Å². The molecule has 1 heterocycles. The van der Waals surface area contributed by atoms with Crippen molar-refractivity contribution in [3.8, 4) is 0 Å². The molecule has 2 aromatic rings. The molecule has 0 aliphatic carbocycles. The summed E-state index contributed by atoms with van der Waals surface area (Å²) in [4.78, 5) is 28.2. The molecule has 6 heteroatoms. The van der Waals surface area contributed by atoms with Crippen LogP contribution in [-0.4, -0.2) is 47.8 Å². The van der Waals surface area contributed by atoms with Gasteiger partial charge < -0.3 is 11.5 Å². The lowest BCUT2D eigenvalue weighted by atomic mass is 10.0. The molecule has 26 heavy (non-hydrogen) atoms. The number of amides is 2. The molecule has 1 aliphatic rings. The third-order valence-corrected chi connectivity index (χ3v) is 4.85. The Labute approximate surface area is 153 Å². The van der Waals surface area contributed by atoms with E-state index in [2.05, 4.69) is 9.80 Å². The van der Waals surface area contributed by atoms with Gasteiger partial charge in [-0.25, -0.2) is 0 Å². The van der Waals surface area contributed by atoms with Crippen LogP contribution in [0.1, 0.15) is 23.2 Å². The molecule has 3 rings (SSSR count). The molecule has 0 bridgehead atoms. The summed E-state index contributed by atoms with van der Waals surface area (Å²) in [5, 5.41) is 0. The fourth-order valence-electron chi connectivity index (χ4n) is 3.63. The van der Waals surface area contributed by atoms with E-state index in [0.29, 0.717) is 26.2 Å². The molecule has 0 aromatic heterocycles. The Hall–Kier alpha value is -2.70. The maximum Gasteiger partial charge on any atom is 0.239 e. The number of hydrogen-bond acceptors (Lipinski definition) is 4. The van der Waals surface area contributed by atoms with Crippen molar-refractivity contribution in [2.24, 2.45) is 11.5 Å². The summed E-state index contributed by atoms with van der Waals surface area (Å²) < 4.78 is 0. The first-order valence-electron chi connectivity index (χ1n) is 8.74. The minimum atomic E-state index is -0.456. The minimum Gasteiger partial charge on any atom is -0.368 e. The molecule has 136 valence electrons. The Morgan fingerprint density at radius 3 is 1.23 bits per heavy atom. The van der Waals surface area contributed by atoms with Crippen LogP contribution < -0.4 is 11.5 Å². The molecule has 1 fully saturated rings. The molecule has 2 atom stereocenters. The van der Waals surface area contributed by atoms with Crippen LogP contribution in [0.15, 0.2) is 60.7 Å². The molecule has 2 unspecified atom stereocenters. The maximum absolute atomic E-state index is 12.0. The summed E-state index contributed by atoms with van der Waals surface area (Å²) in [5.74, 6) is -0.724. The van der Waals surface area contributed by atoms with Crippen molar-refractivity contribution in [3.63, 3.8) is 0 Å². The summed E-state index contributed by atoms with van der Waals surface area (Å²) >= 11 is 0. The van der Waals surface area contributed by atoms with Crippen molar-refractivity contribution in [3.05, 3.63) is 71.8 Å². The van der Waals surface area contributed by atoms with Gasteiger partial charge in [-0.2, -0.15) is 0 Å². The third-order valence-electron chi connectivity index (χ3n) is 4.85. The van der Waals surface area contributed by atoms with Crippen molar-refractivity contribution >= 4 is 11.8 Å². The zero-order chi connectivity index (χ0) is 18.5. The van der Waals surface area contributed by atoms with E-state index in [1.165, 1.54) is 0 Å². The fourth-order valence-corrected chi connectivity index (χ4v) is 3.63. The van der Waals surface area contributed by atoms with Gasteiger partial charge in [-0.05, 0) is 11.1 Å². The van der Waals surface area contributed by atoms with E-state index in [4.69, 9.17) is 11.5 Å². The molecule has 1 aliphatic heterocycles. The minimum absolute atomic E-state index is 0.362. The topological polar surface area (TPSA) is 92.7 Å². The number of hydrogen-bond donors (Lipinski definition) is 2. The van der Waals surface area contributed by atoms with E-state index >= 15 is 0 Å². The van der Waals surface area contributed by atoms with E-state index in [-0.39, 0.29) is 11.8 Å². The second kappa shape index (κ2) is 8.12. The van der Waals surface area contributed by atoms with Gasteiger partial charge in [0.2, 0.25) is 11.8 Å². The number of carbonyl (C=O) groups is 2. The van der Waals surface area contributed by atoms with Gasteiger partial charge in [-0.3, -0.25) is 19.4 Å². The molecular weight excluding hydrogens is 328 g/mol. The van der Waals surface area contributed by atoms with E-state index < -0.39 is 12.1 Å². The monoisotopic (exact) mass is 352 g/mol. The van der Waals surface area contributed by atoms with Crippen molar-refractivity contribution in [2.75, 3.05) is 26.2 Å². The average Bonchev–Trinajstić information content (AvgIpc) is 2.65. The molecule has 0 spiro atoms. The highest BCUT2D eigenvalue weighted by molar-refractivity contribution is 5.82. The quantitative estimate of drug-likeness (QED) is 0.813. The normalized spacial score (nSPS) is 18.2. The lowest BCUT2D eigenvalue weighted by Gasteiger charge is -2.40. The average molecular weight is 352 g/mol.